The summed E-state index contributed by atoms with van der Waals surface area (Å²) < 4.78 is 19.3. The van der Waals surface area contributed by atoms with Crippen LogP contribution in [-0.2, 0) is 15.7 Å². The Hall–Kier alpha value is -2.14. The summed E-state index contributed by atoms with van der Waals surface area (Å²) in [4.78, 5) is 12.7. The van der Waals surface area contributed by atoms with Gasteiger partial charge in [0.15, 0.2) is 17.1 Å². The molecule has 0 N–H and O–H groups in total. The monoisotopic (exact) mass is 301 g/mol. The third-order valence-corrected chi connectivity index (χ3v) is 4.98. The SMILES string of the molecule is C[C@@H]1[C@H](c2ccccc2)OC(=O)N1S(=O)c1ccccc1. The molecule has 3 atom stereocenters. The molecule has 1 aliphatic rings. The first-order chi connectivity index (χ1) is 10.2. The molecule has 1 saturated heterocycles. The summed E-state index contributed by atoms with van der Waals surface area (Å²) in [6.07, 6.45) is -0.940. The highest BCUT2D eigenvalue weighted by Crippen LogP contribution is 2.34. The van der Waals surface area contributed by atoms with Gasteiger partial charge >= 0.3 is 6.09 Å². The van der Waals surface area contributed by atoms with Crippen LogP contribution in [0.25, 0.3) is 0 Å². The van der Waals surface area contributed by atoms with Crippen LogP contribution in [0.15, 0.2) is 65.6 Å². The Morgan fingerprint density at radius 3 is 2.19 bits per heavy atom. The average molecular weight is 301 g/mol. The van der Waals surface area contributed by atoms with Crippen molar-refractivity contribution < 1.29 is 13.7 Å². The van der Waals surface area contributed by atoms with E-state index >= 15 is 0 Å². The average Bonchev–Trinajstić information content (AvgIpc) is 2.83. The normalized spacial score (nSPS) is 22.9. The number of carbonyl (C=O) groups is 1. The Kier molecular flexibility index (Phi) is 3.75. The molecule has 21 heavy (non-hydrogen) atoms. The maximum atomic E-state index is 12.6. The van der Waals surface area contributed by atoms with Crippen molar-refractivity contribution in [3.8, 4) is 0 Å². The molecule has 0 saturated carbocycles. The van der Waals surface area contributed by atoms with Crippen LogP contribution in [0, 0.1) is 0 Å². The summed E-state index contributed by atoms with van der Waals surface area (Å²) in [5.41, 5.74) is 0.908. The van der Waals surface area contributed by atoms with E-state index in [1.165, 1.54) is 4.31 Å². The van der Waals surface area contributed by atoms with Gasteiger partial charge in [-0.1, -0.05) is 48.5 Å². The molecule has 0 spiro atoms. The van der Waals surface area contributed by atoms with E-state index < -0.39 is 23.2 Å². The van der Waals surface area contributed by atoms with E-state index in [1.807, 2.05) is 43.3 Å². The van der Waals surface area contributed by atoms with E-state index in [-0.39, 0.29) is 6.04 Å². The third-order valence-electron chi connectivity index (χ3n) is 3.47. The highest BCUT2D eigenvalue weighted by molar-refractivity contribution is 7.83. The lowest BCUT2D eigenvalue weighted by Crippen LogP contribution is -2.33. The van der Waals surface area contributed by atoms with Crippen molar-refractivity contribution in [1.82, 2.24) is 4.31 Å². The van der Waals surface area contributed by atoms with Crippen LogP contribution in [-0.4, -0.2) is 20.6 Å². The summed E-state index contributed by atoms with van der Waals surface area (Å²) in [6, 6.07) is 18.1. The summed E-state index contributed by atoms with van der Waals surface area (Å²) in [7, 11) is -1.55. The van der Waals surface area contributed by atoms with E-state index in [2.05, 4.69) is 0 Å². The van der Waals surface area contributed by atoms with Crippen LogP contribution in [0.3, 0.4) is 0 Å². The van der Waals surface area contributed by atoms with Crippen LogP contribution >= 0.6 is 0 Å². The zero-order valence-electron chi connectivity index (χ0n) is 11.5. The molecule has 1 aliphatic heterocycles. The van der Waals surface area contributed by atoms with Crippen molar-refractivity contribution in [2.45, 2.75) is 24.0 Å². The van der Waals surface area contributed by atoms with E-state index in [0.717, 1.165) is 5.56 Å². The molecule has 0 aliphatic carbocycles. The summed E-state index contributed by atoms with van der Waals surface area (Å²) in [5, 5.41) is 0. The maximum Gasteiger partial charge on any atom is 0.423 e. The van der Waals surface area contributed by atoms with Gasteiger partial charge in [0.2, 0.25) is 0 Å². The zero-order chi connectivity index (χ0) is 14.8. The van der Waals surface area contributed by atoms with Crippen LogP contribution in [0.5, 0.6) is 0 Å². The quantitative estimate of drug-likeness (QED) is 0.874. The largest absolute Gasteiger partial charge is 0.438 e. The Labute approximate surface area is 125 Å². The number of cyclic esters (lactones) is 1. The summed E-state index contributed by atoms with van der Waals surface area (Å²) >= 11 is 0. The number of rotatable bonds is 3. The number of hydrogen-bond donors (Lipinski definition) is 0. The number of amides is 1. The molecule has 5 heteroatoms. The molecule has 108 valence electrons. The molecule has 0 bridgehead atoms. The molecule has 1 fully saturated rings. The van der Waals surface area contributed by atoms with Crippen molar-refractivity contribution in [3.63, 3.8) is 0 Å². The van der Waals surface area contributed by atoms with Gasteiger partial charge in [0.25, 0.3) is 0 Å². The topological polar surface area (TPSA) is 46.6 Å². The number of nitrogens with zero attached hydrogens (tertiary/aromatic N) is 1. The molecule has 2 aromatic rings. The molecular formula is C16H15NO3S. The fourth-order valence-electron chi connectivity index (χ4n) is 2.41. The first kappa shape index (κ1) is 13.8. The van der Waals surface area contributed by atoms with Gasteiger partial charge in [-0.25, -0.2) is 13.3 Å². The lowest BCUT2D eigenvalue weighted by Gasteiger charge is -2.19. The molecule has 0 radical (unpaired) electrons. The number of benzene rings is 2. The minimum atomic E-state index is -1.55. The number of carbonyl (C=O) groups excluding carboxylic acids is 1. The van der Waals surface area contributed by atoms with Gasteiger partial charge < -0.3 is 4.74 Å². The summed E-state index contributed by atoms with van der Waals surface area (Å²) in [6.45, 7) is 1.85. The second-order valence-corrected chi connectivity index (χ2v) is 6.21. The maximum absolute atomic E-state index is 12.6. The van der Waals surface area contributed by atoms with Gasteiger partial charge in [0.1, 0.15) is 0 Å². The van der Waals surface area contributed by atoms with Gasteiger partial charge in [-0.05, 0) is 24.6 Å². The first-order valence-corrected chi connectivity index (χ1v) is 7.81. The number of ether oxygens (including phenoxy) is 1. The molecule has 2 aromatic carbocycles. The molecule has 4 nitrogen and oxygen atoms in total. The second-order valence-electron chi connectivity index (χ2n) is 4.84. The van der Waals surface area contributed by atoms with Crippen LogP contribution in [0.2, 0.25) is 0 Å². The molecule has 1 amide bonds. The van der Waals surface area contributed by atoms with Crippen molar-refractivity contribution in [2.75, 3.05) is 0 Å². The minimum absolute atomic E-state index is 0.291. The Balaban J connectivity index is 1.88. The van der Waals surface area contributed by atoms with Crippen LogP contribution in [0.4, 0.5) is 4.79 Å². The van der Waals surface area contributed by atoms with E-state index in [0.29, 0.717) is 4.90 Å². The predicted octanol–water partition coefficient (Wildman–Crippen LogP) is 3.29. The fourth-order valence-corrected chi connectivity index (χ4v) is 3.61. The zero-order valence-corrected chi connectivity index (χ0v) is 12.3. The van der Waals surface area contributed by atoms with Gasteiger partial charge in [0.05, 0.1) is 10.9 Å². The predicted molar refractivity (Wildman–Crippen MR) is 79.8 cm³/mol. The minimum Gasteiger partial charge on any atom is -0.438 e. The van der Waals surface area contributed by atoms with E-state index in [1.54, 1.807) is 24.3 Å². The molecule has 1 heterocycles. The lowest BCUT2D eigenvalue weighted by atomic mass is 10.0. The molecular weight excluding hydrogens is 286 g/mol. The second kappa shape index (κ2) is 5.69. The van der Waals surface area contributed by atoms with Crippen molar-refractivity contribution in [2.24, 2.45) is 0 Å². The van der Waals surface area contributed by atoms with Crippen molar-refractivity contribution in [1.29, 1.82) is 0 Å². The Bertz CT molecular complexity index is 660. The van der Waals surface area contributed by atoms with Crippen molar-refractivity contribution >= 4 is 17.1 Å². The van der Waals surface area contributed by atoms with Crippen LogP contribution in [0.1, 0.15) is 18.6 Å². The van der Waals surface area contributed by atoms with Crippen LogP contribution < -0.4 is 0 Å². The van der Waals surface area contributed by atoms with Crippen molar-refractivity contribution in [3.05, 3.63) is 66.2 Å². The number of hydrogen-bond acceptors (Lipinski definition) is 3. The molecule has 1 unspecified atom stereocenters. The standard InChI is InChI=1S/C16H15NO3S/c1-12-15(13-8-4-2-5-9-13)20-16(18)17(12)21(19)14-10-6-3-7-11-14/h2-12,15H,1H3/t12-,15-,21?/m1/s1. The van der Waals surface area contributed by atoms with Gasteiger partial charge in [0, 0.05) is 0 Å². The smallest absolute Gasteiger partial charge is 0.423 e. The van der Waals surface area contributed by atoms with E-state index in [4.69, 9.17) is 4.74 Å². The molecule has 3 rings (SSSR count). The molecule has 0 aromatic heterocycles. The third kappa shape index (κ3) is 2.56. The fraction of sp³-hybridized carbons (Fsp3) is 0.188. The Morgan fingerprint density at radius 2 is 1.57 bits per heavy atom. The highest BCUT2D eigenvalue weighted by atomic mass is 32.2. The first-order valence-electron chi connectivity index (χ1n) is 6.70. The van der Waals surface area contributed by atoms with E-state index in [9.17, 15) is 9.00 Å². The highest BCUT2D eigenvalue weighted by Gasteiger charge is 2.43. The Morgan fingerprint density at radius 1 is 1.00 bits per heavy atom. The van der Waals surface area contributed by atoms with Gasteiger partial charge in [-0.2, -0.15) is 0 Å². The van der Waals surface area contributed by atoms with Gasteiger partial charge in [-0.3, -0.25) is 0 Å². The lowest BCUT2D eigenvalue weighted by molar-refractivity contribution is 0.133. The summed E-state index contributed by atoms with van der Waals surface area (Å²) in [5.74, 6) is 0. The van der Waals surface area contributed by atoms with Gasteiger partial charge in [-0.15, -0.1) is 0 Å².